The van der Waals surface area contributed by atoms with Crippen LogP contribution in [0.2, 0.25) is 5.02 Å². The van der Waals surface area contributed by atoms with Crippen LogP contribution in [0.5, 0.6) is 5.06 Å². The first kappa shape index (κ1) is 23.7. The lowest BCUT2D eigenvalue weighted by molar-refractivity contribution is -0.147. The molecule has 0 saturated heterocycles. The number of thiophene rings is 1. The summed E-state index contributed by atoms with van der Waals surface area (Å²) < 4.78 is 10.6. The Labute approximate surface area is 186 Å². The van der Waals surface area contributed by atoms with E-state index in [1.807, 2.05) is 45.0 Å². The van der Waals surface area contributed by atoms with Crippen LogP contribution >= 0.6 is 35.3 Å². The predicted molar refractivity (Wildman–Crippen MR) is 117 cm³/mol. The van der Waals surface area contributed by atoms with Crippen LogP contribution in [0, 0.1) is 5.41 Å². The highest BCUT2D eigenvalue weighted by Gasteiger charge is 2.34. The maximum absolute atomic E-state index is 12.5. The highest BCUT2D eigenvalue weighted by atomic mass is 35.5. The Balaban J connectivity index is 0.00000300. The van der Waals surface area contributed by atoms with E-state index in [4.69, 9.17) is 21.1 Å². The summed E-state index contributed by atoms with van der Waals surface area (Å²) >= 11 is 7.85. The zero-order valence-electron chi connectivity index (χ0n) is 16.9. The predicted octanol–water partition coefficient (Wildman–Crippen LogP) is 5.05. The van der Waals surface area contributed by atoms with Gasteiger partial charge in [0.05, 0.1) is 12.5 Å². The fraction of sp³-hybridized carbons (Fsp3) is 0.429. The van der Waals surface area contributed by atoms with Gasteiger partial charge in [0.1, 0.15) is 6.04 Å². The Morgan fingerprint density at radius 3 is 2.55 bits per heavy atom. The fourth-order valence-corrected chi connectivity index (χ4v) is 4.37. The number of benzene rings is 1. The molecule has 1 aliphatic rings. The van der Waals surface area contributed by atoms with Gasteiger partial charge in [-0.3, -0.25) is 9.69 Å². The van der Waals surface area contributed by atoms with Crippen LogP contribution in [0.4, 0.5) is 0 Å². The lowest BCUT2D eigenvalue weighted by atomic mass is 9.97. The van der Waals surface area contributed by atoms with E-state index in [1.165, 1.54) is 23.3 Å². The number of hydrogen-bond acceptors (Lipinski definition) is 6. The first-order chi connectivity index (χ1) is 13.2. The van der Waals surface area contributed by atoms with Crippen molar-refractivity contribution in [2.75, 3.05) is 13.7 Å². The second kappa shape index (κ2) is 9.47. The molecule has 1 aromatic carbocycles. The standard InChI is InChI=1S/C21H24ClNO4S.ClH/c1-21(2,3)20(25)27-17-11-13-12-23(10-9-16(13)28-17)18(19(24)26-4)14-7-5-6-8-15(14)22;/h5-8,11,18H,9-10,12H2,1-4H3;1H/t18-;/m0./s1. The minimum absolute atomic E-state index is 0. The van der Waals surface area contributed by atoms with E-state index in [1.54, 1.807) is 6.07 Å². The van der Waals surface area contributed by atoms with Gasteiger partial charge in [-0.2, -0.15) is 0 Å². The molecule has 3 rings (SSSR count). The summed E-state index contributed by atoms with van der Waals surface area (Å²) in [5.41, 5.74) is 1.24. The van der Waals surface area contributed by atoms with Crippen LogP contribution in [-0.2, 0) is 27.3 Å². The number of nitrogens with zero attached hydrogens (tertiary/aromatic N) is 1. The van der Waals surface area contributed by atoms with Gasteiger partial charge in [0.15, 0.2) is 5.06 Å². The SMILES string of the molecule is COC(=O)[C@H](c1ccccc1Cl)N1CCc2sc(OC(=O)C(C)(C)C)cc2C1.Cl. The van der Waals surface area contributed by atoms with Crippen molar-refractivity contribution in [3.8, 4) is 5.06 Å². The van der Waals surface area contributed by atoms with Gasteiger partial charge in [-0.1, -0.05) is 29.8 Å². The molecule has 0 saturated carbocycles. The van der Waals surface area contributed by atoms with Gasteiger partial charge in [0, 0.05) is 23.0 Å². The molecule has 158 valence electrons. The van der Waals surface area contributed by atoms with Gasteiger partial charge < -0.3 is 9.47 Å². The molecular weight excluding hydrogens is 433 g/mol. The van der Waals surface area contributed by atoms with Crippen LogP contribution in [0.3, 0.4) is 0 Å². The molecule has 0 amide bonds. The number of fused-ring (bicyclic) bond motifs is 1. The summed E-state index contributed by atoms with van der Waals surface area (Å²) in [6, 6.07) is 8.65. The first-order valence-electron chi connectivity index (χ1n) is 9.11. The van der Waals surface area contributed by atoms with Crippen LogP contribution in [-0.4, -0.2) is 30.5 Å². The lowest BCUT2D eigenvalue weighted by Crippen LogP contribution is -2.38. The van der Waals surface area contributed by atoms with E-state index in [9.17, 15) is 9.59 Å². The van der Waals surface area contributed by atoms with E-state index < -0.39 is 11.5 Å². The summed E-state index contributed by atoms with van der Waals surface area (Å²) in [5.74, 6) is -0.599. The number of ether oxygens (including phenoxy) is 2. The molecule has 0 unspecified atom stereocenters. The molecule has 1 aliphatic heterocycles. The maximum atomic E-state index is 12.5. The zero-order valence-corrected chi connectivity index (χ0v) is 19.2. The molecule has 2 aromatic rings. The van der Waals surface area contributed by atoms with Crippen molar-refractivity contribution >= 4 is 47.3 Å². The Bertz CT molecular complexity index is 891. The van der Waals surface area contributed by atoms with E-state index in [2.05, 4.69) is 4.90 Å². The molecule has 0 radical (unpaired) electrons. The molecule has 1 atom stereocenters. The molecule has 5 nitrogen and oxygen atoms in total. The van der Waals surface area contributed by atoms with Crippen LogP contribution in [0.15, 0.2) is 30.3 Å². The molecule has 29 heavy (non-hydrogen) atoms. The number of carbonyl (C=O) groups excluding carboxylic acids is 2. The van der Waals surface area contributed by atoms with Gasteiger partial charge in [-0.25, -0.2) is 4.79 Å². The van der Waals surface area contributed by atoms with Gasteiger partial charge in [0.2, 0.25) is 0 Å². The van der Waals surface area contributed by atoms with E-state index >= 15 is 0 Å². The van der Waals surface area contributed by atoms with Gasteiger partial charge >= 0.3 is 11.9 Å². The second-order valence-corrected chi connectivity index (χ2v) is 9.33. The van der Waals surface area contributed by atoms with E-state index in [0.29, 0.717) is 23.2 Å². The number of halogens is 2. The van der Waals surface area contributed by atoms with Gasteiger partial charge in [-0.05, 0) is 50.5 Å². The Hall–Kier alpha value is -1.60. The summed E-state index contributed by atoms with van der Waals surface area (Å²) in [6.45, 7) is 6.73. The molecular formula is C21H25Cl2NO4S. The number of esters is 2. The molecule has 0 fully saturated rings. The Kier molecular flexibility index (Phi) is 7.74. The largest absolute Gasteiger partial charge is 0.468 e. The Morgan fingerprint density at radius 1 is 1.24 bits per heavy atom. The quantitative estimate of drug-likeness (QED) is 0.601. The third-order valence-corrected chi connectivity index (χ3v) is 6.13. The highest BCUT2D eigenvalue weighted by molar-refractivity contribution is 7.14. The summed E-state index contributed by atoms with van der Waals surface area (Å²) in [5, 5.41) is 1.13. The third-order valence-electron chi connectivity index (χ3n) is 4.67. The summed E-state index contributed by atoms with van der Waals surface area (Å²) in [4.78, 5) is 27.9. The smallest absolute Gasteiger partial charge is 0.327 e. The number of methoxy groups -OCH3 is 1. The molecule has 2 heterocycles. The van der Waals surface area contributed by atoms with Crippen molar-refractivity contribution in [3.05, 3.63) is 51.4 Å². The monoisotopic (exact) mass is 457 g/mol. The van der Waals surface area contributed by atoms with Crippen molar-refractivity contribution in [1.82, 2.24) is 4.90 Å². The first-order valence-corrected chi connectivity index (χ1v) is 10.3. The van der Waals surface area contributed by atoms with E-state index in [-0.39, 0.29) is 24.3 Å². The summed E-state index contributed by atoms with van der Waals surface area (Å²) in [6.07, 6.45) is 0.769. The molecule has 0 bridgehead atoms. The number of carbonyl (C=O) groups is 2. The van der Waals surface area contributed by atoms with Gasteiger partial charge in [0.25, 0.3) is 0 Å². The lowest BCUT2D eigenvalue weighted by Gasteiger charge is -2.33. The Morgan fingerprint density at radius 2 is 1.93 bits per heavy atom. The average Bonchev–Trinajstić information content (AvgIpc) is 3.04. The second-order valence-electron chi connectivity index (χ2n) is 7.82. The third kappa shape index (κ3) is 5.31. The summed E-state index contributed by atoms with van der Waals surface area (Å²) in [7, 11) is 1.39. The zero-order chi connectivity index (χ0) is 20.5. The van der Waals surface area contributed by atoms with Crippen LogP contribution in [0.25, 0.3) is 0 Å². The minimum atomic E-state index is -0.577. The molecule has 8 heteroatoms. The average molecular weight is 458 g/mol. The van der Waals surface area contributed by atoms with Crippen LogP contribution < -0.4 is 4.74 Å². The van der Waals surface area contributed by atoms with Gasteiger partial charge in [-0.15, -0.1) is 23.7 Å². The molecule has 0 aliphatic carbocycles. The van der Waals surface area contributed by atoms with Crippen molar-refractivity contribution in [3.63, 3.8) is 0 Å². The fourth-order valence-electron chi connectivity index (χ4n) is 3.12. The normalized spacial score (nSPS) is 15.1. The van der Waals surface area contributed by atoms with Crippen LogP contribution in [0.1, 0.15) is 42.8 Å². The van der Waals surface area contributed by atoms with Crippen molar-refractivity contribution in [1.29, 1.82) is 0 Å². The highest BCUT2D eigenvalue weighted by Crippen LogP contribution is 2.38. The van der Waals surface area contributed by atoms with Crippen molar-refractivity contribution < 1.29 is 19.1 Å². The minimum Gasteiger partial charge on any atom is -0.468 e. The molecule has 0 spiro atoms. The van der Waals surface area contributed by atoms with Crippen molar-refractivity contribution in [2.45, 2.75) is 39.8 Å². The number of hydrogen-bond donors (Lipinski definition) is 0. The maximum Gasteiger partial charge on any atom is 0.327 e. The topological polar surface area (TPSA) is 55.8 Å². The number of rotatable bonds is 4. The molecule has 1 aromatic heterocycles. The van der Waals surface area contributed by atoms with E-state index in [0.717, 1.165) is 17.5 Å². The van der Waals surface area contributed by atoms with Crippen molar-refractivity contribution in [2.24, 2.45) is 5.41 Å². The molecule has 0 N–H and O–H groups in total.